The maximum absolute atomic E-state index is 14.5. The third-order valence-electron chi connectivity index (χ3n) is 8.45. The topological polar surface area (TPSA) is 108 Å². The second-order valence-corrected chi connectivity index (χ2v) is 16.3. The second-order valence-electron chi connectivity index (χ2n) is 14.5. The fourth-order valence-electron chi connectivity index (χ4n) is 5.80. The van der Waals surface area contributed by atoms with Gasteiger partial charge in [-0.05, 0) is 125 Å². The highest BCUT2D eigenvalue weighted by atomic mass is 35.5. The molecule has 0 radical (unpaired) electrons. The first-order valence-electron chi connectivity index (χ1n) is 18.5. The molecule has 296 valence electrons. The number of hydrogen-bond acceptors (Lipinski definition) is 9. The number of aryl methyl sites for hydroxylation is 2. The number of carbonyl (C=O) groups excluding carboxylic acids is 2. The highest BCUT2D eigenvalue weighted by Crippen LogP contribution is 2.34. The number of hydrogen-bond donors (Lipinski definition) is 1. The van der Waals surface area contributed by atoms with E-state index in [4.69, 9.17) is 51.9 Å². The van der Waals surface area contributed by atoms with Gasteiger partial charge in [0.05, 0.1) is 22.6 Å². The van der Waals surface area contributed by atoms with Crippen molar-refractivity contribution in [3.05, 3.63) is 81.0 Å². The Kier molecular flexibility index (Phi) is 17.4. The molecule has 1 aliphatic rings. The van der Waals surface area contributed by atoms with Crippen molar-refractivity contribution in [3.63, 3.8) is 0 Å². The van der Waals surface area contributed by atoms with Crippen LogP contribution in [0.15, 0.2) is 48.5 Å². The number of aromatic nitrogens is 1. The molecule has 2 amide bonds. The Bertz CT molecular complexity index is 1630. The number of carbonyl (C=O) groups is 2. The lowest BCUT2D eigenvalue weighted by Gasteiger charge is -2.29. The van der Waals surface area contributed by atoms with Gasteiger partial charge in [0, 0.05) is 44.6 Å². The Morgan fingerprint density at radius 3 is 2.30 bits per heavy atom. The minimum absolute atomic E-state index is 0.0281. The number of nitrogens with one attached hydrogen (secondary N) is 1. The van der Waals surface area contributed by atoms with E-state index in [-0.39, 0.29) is 31.7 Å². The molecule has 1 N–H and O–H groups in total. The lowest BCUT2D eigenvalue weighted by Crippen LogP contribution is -2.44. The van der Waals surface area contributed by atoms with E-state index in [9.17, 15) is 9.59 Å². The molecule has 54 heavy (non-hydrogen) atoms. The Morgan fingerprint density at radius 1 is 0.944 bits per heavy atom. The van der Waals surface area contributed by atoms with Crippen LogP contribution >= 0.6 is 35.0 Å². The van der Waals surface area contributed by atoms with E-state index in [0.717, 1.165) is 60.2 Å². The predicted molar refractivity (Wildman–Crippen MR) is 217 cm³/mol. The SMILES string of the molecule is COCCCc1cc(CN(C(=O)C(CNC(=O)OC(C)(C)C)Cc2ccc(OCCOc3c(Cl)cc(C)cc3Cl)cc2)C2CC2)cc(OCCCSC)n1. The summed E-state index contributed by atoms with van der Waals surface area (Å²) in [5.41, 5.74) is 3.09. The lowest BCUT2D eigenvalue weighted by molar-refractivity contribution is -0.136. The fourth-order valence-corrected chi connectivity index (χ4v) is 6.91. The quantitative estimate of drug-likeness (QED) is 0.0998. The zero-order valence-corrected chi connectivity index (χ0v) is 34.7. The molecule has 4 rings (SSSR count). The summed E-state index contributed by atoms with van der Waals surface area (Å²) in [6, 6.07) is 15.3. The van der Waals surface area contributed by atoms with Crippen molar-refractivity contribution >= 4 is 47.0 Å². The molecule has 1 fully saturated rings. The van der Waals surface area contributed by atoms with Gasteiger partial charge in [-0.25, -0.2) is 9.78 Å². The van der Waals surface area contributed by atoms with Crippen LogP contribution in [0.1, 0.15) is 68.8 Å². The molecule has 0 spiro atoms. The molecule has 1 unspecified atom stereocenters. The van der Waals surface area contributed by atoms with Gasteiger partial charge < -0.3 is 33.9 Å². The minimum Gasteiger partial charge on any atom is -0.490 e. The summed E-state index contributed by atoms with van der Waals surface area (Å²) in [5, 5.41) is 3.77. The molecule has 0 bridgehead atoms. The van der Waals surface area contributed by atoms with Gasteiger partial charge in [-0.2, -0.15) is 11.8 Å². The summed E-state index contributed by atoms with van der Waals surface area (Å²) in [6.07, 6.45) is 6.28. The summed E-state index contributed by atoms with van der Waals surface area (Å²) in [5.74, 6) is 2.11. The van der Waals surface area contributed by atoms with Crippen LogP contribution in [0.25, 0.3) is 0 Å². The Hall–Kier alpha value is -3.38. The smallest absolute Gasteiger partial charge is 0.407 e. The first-order chi connectivity index (χ1) is 25.8. The Morgan fingerprint density at radius 2 is 1.65 bits per heavy atom. The van der Waals surface area contributed by atoms with E-state index in [0.29, 0.717) is 53.6 Å². The molecule has 1 heterocycles. The van der Waals surface area contributed by atoms with Gasteiger partial charge in [-0.1, -0.05) is 35.3 Å². The number of ether oxygens (including phenoxy) is 5. The van der Waals surface area contributed by atoms with E-state index in [2.05, 4.69) is 17.6 Å². The molecule has 2 aromatic carbocycles. The van der Waals surface area contributed by atoms with E-state index in [1.807, 2.05) is 62.9 Å². The monoisotopic (exact) mass is 803 g/mol. The fraction of sp³-hybridized carbons (Fsp3) is 0.537. The van der Waals surface area contributed by atoms with Crippen LogP contribution in [0.5, 0.6) is 17.4 Å². The summed E-state index contributed by atoms with van der Waals surface area (Å²) < 4.78 is 28.5. The van der Waals surface area contributed by atoms with Gasteiger partial charge in [0.15, 0.2) is 5.75 Å². The van der Waals surface area contributed by atoms with Crippen molar-refractivity contribution < 1.29 is 33.3 Å². The van der Waals surface area contributed by atoms with E-state index < -0.39 is 17.6 Å². The van der Waals surface area contributed by atoms with Crippen molar-refractivity contribution in [2.45, 2.75) is 84.4 Å². The molecule has 0 saturated heterocycles. The summed E-state index contributed by atoms with van der Waals surface area (Å²) in [6.45, 7) is 9.64. The maximum Gasteiger partial charge on any atom is 0.407 e. The Balaban J connectivity index is 1.46. The van der Waals surface area contributed by atoms with Gasteiger partial charge in [0.2, 0.25) is 11.8 Å². The molecule has 1 aromatic heterocycles. The van der Waals surface area contributed by atoms with Crippen LogP contribution in [-0.4, -0.2) is 85.6 Å². The molecule has 3 aromatic rings. The number of alkyl carbamates (subject to hydrolysis) is 1. The van der Waals surface area contributed by atoms with Gasteiger partial charge in [-0.15, -0.1) is 0 Å². The molecule has 1 aliphatic carbocycles. The third kappa shape index (κ3) is 15.0. The number of nitrogens with zero attached hydrogens (tertiary/aromatic N) is 2. The molecule has 0 aliphatic heterocycles. The van der Waals surface area contributed by atoms with Gasteiger partial charge >= 0.3 is 6.09 Å². The summed E-state index contributed by atoms with van der Waals surface area (Å²) >= 11 is 14.4. The number of rotatable bonds is 22. The zero-order valence-electron chi connectivity index (χ0n) is 32.4. The van der Waals surface area contributed by atoms with Crippen LogP contribution in [-0.2, 0) is 33.7 Å². The normalized spacial score (nSPS) is 13.3. The first-order valence-corrected chi connectivity index (χ1v) is 20.7. The Labute approximate surface area is 334 Å². The lowest BCUT2D eigenvalue weighted by atomic mass is 9.97. The number of methoxy groups -OCH3 is 1. The summed E-state index contributed by atoms with van der Waals surface area (Å²) in [4.78, 5) is 33.9. The standard InChI is InChI=1S/C41H55Cl2N3O7S/c1-28-21-35(42)38(36(43)22-28)52-19-18-50-34-14-10-29(11-15-34)23-31(26-44-40(48)53-41(2,3)4)39(47)46(33-12-13-33)27-30-24-32(9-7-16-49-5)45-37(25-30)51-17-8-20-54-6/h10-11,14-15,21-22,24-25,31,33H,7-9,12-13,16-20,23,26-27H2,1-6H3,(H,44,48). The molecule has 1 saturated carbocycles. The van der Waals surface area contributed by atoms with Crippen molar-refractivity contribution in [2.75, 3.05) is 52.1 Å². The van der Waals surface area contributed by atoms with Crippen molar-refractivity contribution in [1.82, 2.24) is 15.2 Å². The molecule has 10 nitrogen and oxygen atoms in total. The molecular weight excluding hydrogens is 749 g/mol. The largest absolute Gasteiger partial charge is 0.490 e. The van der Waals surface area contributed by atoms with Crippen LogP contribution < -0.4 is 19.5 Å². The van der Waals surface area contributed by atoms with E-state index in [1.54, 1.807) is 31.0 Å². The predicted octanol–water partition coefficient (Wildman–Crippen LogP) is 8.74. The van der Waals surface area contributed by atoms with E-state index in [1.165, 1.54) is 0 Å². The highest BCUT2D eigenvalue weighted by Gasteiger charge is 2.36. The molecule has 13 heteroatoms. The van der Waals surface area contributed by atoms with Gasteiger partial charge in [0.1, 0.15) is 24.6 Å². The van der Waals surface area contributed by atoms with Crippen molar-refractivity contribution in [1.29, 1.82) is 0 Å². The van der Waals surface area contributed by atoms with Crippen LogP contribution in [0, 0.1) is 12.8 Å². The highest BCUT2D eigenvalue weighted by molar-refractivity contribution is 7.98. The molecule has 1 atom stereocenters. The number of thioether (sulfide) groups is 1. The average molecular weight is 805 g/mol. The van der Waals surface area contributed by atoms with Crippen LogP contribution in [0.2, 0.25) is 10.0 Å². The second kappa shape index (κ2) is 21.6. The van der Waals surface area contributed by atoms with Gasteiger partial charge in [-0.3, -0.25) is 4.79 Å². The number of halogens is 2. The third-order valence-corrected chi connectivity index (χ3v) is 9.71. The van der Waals surface area contributed by atoms with Gasteiger partial charge in [0.25, 0.3) is 0 Å². The first kappa shape index (κ1) is 43.3. The van der Waals surface area contributed by atoms with Crippen LogP contribution in [0.4, 0.5) is 4.79 Å². The molecular formula is C41H55Cl2N3O7S. The number of pyridine rings is 1. The number of benzene rings is 2. The zero-order chi connectivity index (χ0) is 39.1. The van der Waals surface area contributed by atoms with E-state index >= 15 is 0 Å². The number of amides is 2. The average Bonchev–Trinajstić information content (AvgIpc) is 3.95. The van der Waals surface area contributed by atoms with Crippen LogP contribution in [0.3, 0.4) is 0 Å². The maximum atomic E-state index is 14.5. The van der Waals surface area contributed by atoms with Crippen molar-refractivity contribution in [3.8, 4) is 17.4 Å². The van der Waals surface area contributed by atoms with Crippen molar-refractivity contribution in [2.24, 2.45) is 5.92 Å². The summed E-state index contributed by atoms with van der Waals surface area (Å²) in [7, 11) is 1.69. The minimum atomic E-state index is -0.666.